The SMILES string of the molecule is Cc1cc(=O)oc2c(C)c(OCC(=O)Nc3nccs3)ccc12. The number of fused-ring (bicyclic) bond motifs is 1. The minimum Gasteiger partial charge on any atom is -0.483 e. The van der Waals surface area contributed by atoms with Crippen LogP contribution in [0.15, 0.2) is 39.0 Å². The Labute approximate surface area is 135 Å². The number of benzene rings is 1. The van der Waals surface area contributed by atoms with Crippen LogP contribution in [0.2, 0.25) is 0 Å². The lowest BCUT2D eigenvalue weighted by Gasteiger charge is -2.11. The van der Waals surface area contributed by atoms with Gasteiger partial charge in [-0.05, 0) is 31.5 Å². The average Bonchev–Trinajstić information content (AvgIpc) is 3.00. The van der Waals surface area contributed by atoms with Crippen LogP contribution in [0, 0.1) is 13.8 Å². The van der Waals surface area contributed by atoms with Gasteiger partial charge in [-0.3, -0.25) is 10.1 Å². The van der Waals surface area contributed by atoms with Crippen molar-refractivity contribution in [3.05, 3.63) is 51.3 Å². The highest BCUT2D eigenvalue weighted by molar-refractivity contribution is 7.13. The van der Waals surface area contributed by atoms with E-state index in [4.69, 9.17) is 9.15 Å². The van der Waals surface area contributed by atoms with Gasteiger partial charge >= 0.3 is 5.63 Å². The van der Waals surface area contributed by atoms with Crippen LogP contribution in [0.5, 0.6) is 5.75 Å². The molecule has 0 unspecified atom stereocenters. The first-order valence-corrected chi connectivity index (χ1v) is 7.79. The van der Waals surface area contributed by atoms with Gasteiger partial charge in [0, 0.05) is 28.6 Å². The highest BCUT2D eigenvalue weighted by Crippen LogP contribution is 2.28. The van der Waals surface area contributed by atoms with Crippen LogP contribution in [-0.2, 0) is 4.79 Å². The number of ether oxygens (including phenoxy) is 1. The van der Waals surface area contributed by atoms with E-state index in [0.717, 1.165) is 10.9 Å². The van der Waals surface area contributed by atoms with Gasteiger partial charge in [0.25, 0.3) is 5.91 Å². The number of aromatic nitrogens is 1. The maximum absolute atomic E-state index is 11.8. The fourth-order valence-electron chi connectivity index (χ4n) is 2.24. The third kappa shape index (κ3) is 3.24. The molecular weight excluding hydrogens is 316 g/mol. The third-order valence-electron chi connectivity index (χ3n) is 3.36. The van der Waals surface area contributed by atoms with Crippen molar-refractivity contribution >= 4 is 33.3 Å². The van der Waals surface area contributed by atoms with E-state index >= 15 is 0 Å². The molecule has 1 amide bonds. The molecular formula is C16H14N2O4S. The van der Waals surface area contributed by atoms with Crippen molar-refractivity contribution in [3.8, 4) is 5.75 Å². The van der Waals surface area contributed by atoms with Crippen molar-refractivity contribution in [2.75, 3.05) is 11.9 Å². The highest BCUT2D eigenvalue weighted by Gasteiger charge is 2.12. The zero-order valence-corrected chi connectivity index (χ0v) is 13.4. The molecule has 2 aromatic heterocycles. The topological polar surface area (TPSA) is 81.4 Å². The monoisotopic (exact) mass is 330 g/mol. The fourth-order valence-corrected chi connectivity index (χ4v) is 2.79. The molecule has 0 fully saturated rings. The fraction of sp³-hybridized carbons (Fsp3) is 0.188. The molecule has 0 bridgehead atoms. The first kappa shape index (κ1) is 15.2. The molecule has 0 aliphatic rings. The molecule has 0 aliphatic carbocycles. The second-order valence-electron chi connectivity index (χ2n) is 4.99. The van der Waals surface area contributed by atoms with Gasteiger partial charge in [0.2, 0.25) is 0 Å². The quantitative estimate of drug-likeness (QED) is 0.744. The number of hydrogen-bond donors (Lipinski definition) is 1. The van der Waals surface area contributed by atoms with E-state index < -0.39 is 5.63 Å². The summed E-state index contributed by atoms with van der Waals surface area (Å²) < 4.78 is 10.8. The van der Waals surface area contributed by atoms with Crippen molar-refractivity contribution in [2.45, 2.75) is 13.8 Å². The number of nitrogens with zero attached hydrogens (tertiary/aromatic N) is 1. The molecule has 23 heavy (non-hydrogen) atoms. The molecule has 0 aliphatic heterocycles. The van der Waals surface area contributed by atoms with Gasteiger partial charge in [0.05, 0.1) is 0 Å². The minimum atomic E-state index is -0.406. The highest BCUT2D eigenvalue weighted by atomic mass is 32.1. The summed E-state index contributed by atoms with van der Waals surface area (Å²) in [5.41, 5.74) is 1.60. The molecule has 2 heterocycles. The average molecular weight is 330 g/mol. The van der Waals surface area contributed by atoms with E-state index in [1.54, 1.807) is 24.6 Å². The Morgan fingerprint density at radius 3 is 2.96 bits per heavy atom. The summed E-state index contributed by atoms with van der Waals surface area (Å²) in [5, 5.41) is 5.78. The lowest BCUT2D eigenvalue weighted by atomic mass is 10.1. The maximum Gasteiger partial charge on any atom is 0.336 e. The van der Waals surface area contributed by atoms with Crippen LogP contribution in [0.3, 0.4) is 0 Å². The minimum absolute atomic E-state index is 0.151. The molecule has 1 aromatic carbocycles. The van der Waals surface area contributed by atoms with E-state index in [9.17, 15) is 9.59 Å². The summed E-state index contributed by atoms with van der Waals surface area (Å²) >= 11 is 1.33. The lowest BCUT2D eigenvalue weighted by Crippen LogP contribution is -2.20. The second kappa shape index (κ2) is 6.21. The number of anilines is 1. The van der Waals surface area contributed by atoms with Crippen molar-refractivity contribution in [2.24, 2.45) is 0 Å². The number of carbonyl (C=O) groups is 1. The van der Waals surface area contributed by atoms with Gasteiger partial charge in [-0.2, -0.15) is 0 Å². The first-order chi connectivity index (χ1) is 11.0. The number of carbonyl (C=O) groups excluding carboxylic acids is 1. The third-order valence-corrected chi connectivity index (χ3v) is 4.04. The summed E-state index contributed by atoms with van der Waals surface area (Å²) in [6.45, 7) is 3.49. The lowest BCUT2D eigenvalue weighted by molar-refractivity contribution is -0.118. The zero-order chi connectivity index (χ0) is 16.4. The molecule has 0 atom stereocenters. The molecule has 0 radical (unpaired) electrons. The van der Waals surface area contributed by atoms with E-state index in [1.165, 1.54) is 17.4 Å². The molecule has 0 saturated heterocycles. The van der Waals surface area contributed by atoms with Crippen molar-refractivity contribution in [1.29, 1.82) is 0 Å². The second-order valence-corrected chi connectivity index (χ2v) is 5.88. The largest absolute Gasteiger partial charge is 0.483 e. The standard InChI is InChI=1S/C16H14N2O4S/c1-9-7-14(20)22-15-10(2)12(4-3-11(9)15)21-8-13(19)18-16-17-5-6-23-16/h3-7H,8H2,1-2H3,(H,17,18,19). The van der Waals surface area contributed by atoms with Crippen molar-refractivity contribution in [1.82, 2.24) is 4.98 Å². The van der Waals surface area contributed by atoms with Crippen molar-refractivity contribution < 1.29 is 13.9 Å². The number of amides is 1. The van der Waals surface area contributed by atoms with Gasteiger partial charge in [0.15, 0.2) is 11.7 Å². The number of aryl methyl sites for hydroxylation is 2. The van der Waals surface area contributed by atoms with Crippen LogP contribution in [0.4, 0.5) is 5.13 Å². The van der Waals surface area contributed by atoms with Crippen LogP contribution >= 0.6 is 11.3 Å². The summed E-state index contributed by atoms with van der Waals surface area (Å²) in [4.78, 5) is 27.3. The molecule has 3 aromatic rings. The normalized spacial score (nSPS) is 10.7. The summed E-state index contributed by atoms with van der Waals surface area (Å²) in [5.74, 6) is 0.200. The van der Waals surface area contributed by atoms with E-state index in [-0.39, 0.29) is 12.5 Å². The number of hydrogen-bond acceptors (Lipinski definition) is 6. The van der Waals surface area contributed by atoms with Crippen molar-refractivity contribution in [3.63, 3.8) is 0 Å². The van der Waals surface area contributed by atoms with Gasteiger partial charge in [0.1, 0.15) is 11.3 Å². The van der Waals surface area contributed by atoms with Crippen LogP contribution in [0.1, 0.15) is 11.1 Å². The predicted molar refractivity (Wildman–Crippen MR) is 88.2 cm³/mol. The summed E-state index contributed by atoms with van der Waals surface area (Å²) in [6.07, 6.45) is 1.61. The van der Waals surface area contributed by atoms with Crippen LogP contribution < -0.4 is 15.7 Å². The van der Waals surface area contributed by atoms with Gasteiger partial charge in [-0.15, -0.1) is 11.3 Å². The molecule has 0 spiro atoms. The maximum atomic E-state index is 11.8. The van der Waals surface area contributed by atoms with Gasteiger partial charge in [-0.25, -0.2) is 9.78 Å². The Balaban J connectivity index is 1.79. The van der Waals surface area contributed by atoms with E-state index in [1.807, 2.05) is 13.0 Å². The number of nitrogens with one attached hydrogen (secondary N) is 1. The van der Waals surface area contributed by atoms with Gasteiger partial charge < -0.3 is 9.15 Å². The van der Waals surface area contributed by atoms with E-state index in [2.05, 4.69) is 10.3 Å². The molecule has 1 N–H and O–H groups in total. The molecule has 7 heteroatoms. The molecule has 3 rings (SSSR count). The Hall–Kier alpha value is -2.67. The Kier molecular flexibility index (Phi) is 4.12. The van der Waals surface area contributed by atoms with E-state index in [0.29, 0.717) is 22.0 Å². The van der Waals surface area contributed by atoms with Gasteiger partial charge in [-0.1, -0.05) is 0 Å². The molecule has 0 saturated carbocycles. The summed E-state index contributed by atoms with van der Waals surface area (Å²) in [6, 6.07) is 5.03. The molecule has 6 nitrogen and oxygen atoms in total. The smallest absolute Gasteiger partial charge is 0.336 e. The van der Waals surface area contributed by atoms with Crippen LogP contribution in [0.25, 0.3) is 11.0 Å². The Morgan fingerprint density at radius 1 is 1.39 bits per heavy atom. The zero-order valence-electron chi connectivity index (χ0n) is 12.6. The summed E-state index contributed by atoms with van der Waals surface area (Å²) in [7, 11) is 0. The predicted octanol–water partition coefficient (Wildman–Crippen LogP) is 2.88. The Morgan fingerprint density at radius 2 is 2.22 bits per heavy atom. The molecule has 118 valence electrons. The number of rotatable bonds is 4. The first-order valence-electron chi connectivity index (χ1n) is 6.91. The Bertz CT molecular complexity index is 916. The number of thiazole rings is 1. The van der Waals surface area contributed by atoms with Crippen LogP contribution in [-0.4, -0.2) is 17.5 Å².